The largest absolute Gasteiger partial charge is 0.400 e. The number of rotatable bonds is 0. The van der Waals surface area contributed by atoms with Gasteiger partial charge >= 0.3 is 12.3 Å². The van der Waals surface area contributed by atoms with Crippen molar-refractivity contribution in [3.05, 3.63) is 54.0 Å². The van der Waals surface area contributed by atoms with E-state index in [0.29, 0.717) is 34.6 Å². The highest BCUT2D eigenvalue weighted by Gasteiger charge is 2.05. The van der Waals surface area contributed by atoms with Gasteiger partial charge in [-0.25, -0.2) is 15.0 Å². The Kier molecular flexibility index (Phi) is 18.1. The molecule has 0 saturated heterocycles. The van der Waals surface area contributed by atoms with Crippen LogP contribution in [-0.4, -0.2) is 54.9 Å². The van der Waals surface area contributed by atoms with E-state index in [0.717, 1.165) is 34.7 Å². The van der Waals surface area contributed by atoms with E-state index in [4.69, 9.17) is 55.1 Å². The molecule has 0 atom stereocenters. The van der Waals surface area contributed by atoms with Crippen molar-refractivity contribution >= 4 is 63.1 Å². The van der Waals surface area contributed by atoms with Gasteiger partial charge in [-0.1, -0.05) is 30.3 Å². The zero-order chi connectivity index (χ0) is 30.1. The number of nitrogen functional groups attached to an aromatic ring is 3. The lowest BCUT2D eigenvalue weighted by atomic mass is 10.3. The van der Waals surface area contributed by atoms with Gasteiger partial charge in [0.25, 0.3) is 17.1 Å². The fourth-order valence-corrected chi connectivity index (χ4v) is 2.68. The van der Waals surface area contributed by atoms with Crippen molar-refractivity contribution in [3.8, 4) is 0 Å². The van der Waals surface area contributed by atoms with Crippen molar-refractivity contribution in [2.24, 2.45) is 0 Å². The van der Waals surface area contributed by atoms with Crippen LogP contribution in [-0.2, 0) is 19.2 Å². The molecule has 6 aromatic rings. The molecule has 224 valence electrons. The van der Waals surface area contributed by atoms with E-state index in [1.165, 1.54) is 0 Å². The van der Waals surface area contributed by atoms with Crippen LogP contribution in [0, 0.1) is 13.8 Å². The van der Waals surface area contributed by atoms with Crippen molar-refractivity contribution in [1.82, 2.24) is 30.4 Å². The molecule has 0 unspecified atom stereocenters. The molecule has 0 amide bonds. The van der Waals surface area contributed by atoms with Crippen LogP contribution >= 0.6 is 0 Å². The van der Waals surface area contributed by atoms with Crippen LogP contribution in [0.25, 0.3) is 33.3 Å². The van der Waals surface area contributed by atoms with E-state index < -0.39 is 0 Å². The first kappa shape index (κ1) is 38.1. The summed E-state index contributed by atoms with van der Waals surface area (Å²) in [6, 6.07) is 11.0. The highest BCUT2D eigenvalue weighted by atomic mass is 16.5. The summed E-state index contributed by atoms with van der Waals surface area (Å²) in [5.41, 5.74) is 19.7. The average Bonchev–Trinajstić information content (AvgIpc) is 3.63. The summed E-state index contributed by atoms with van der Waals surface area (Å²) in [6.07, 6.45) is 2.13. The Balaban J connectivity index is 0. The van der Waals surface area contributed by atoms with Gasteiger partial charge in [-0.3, -0.25) is 0 Å². The second-order valence-corrected chi connectivity index (χ2v) is 6.84. The Bertz CT molecular complexity index is 1610. The van der Waals surface area contributed by atoms with E-state index >= 15 is 0 Å². The van der Waals surface area contributed by atoms with Crippen molar-refractivity contribution in [2.45, 2.75) is 28.7 Å². The Labute approximate surface area is 238 Å². The monoisotopic (exact) mass is 585 g/mol. The van der Waals surface area contributed by atoms with Crippen LogP contribution in [0.4, 0.5) is 17.5 Å². The Hall–Kier alpha value is -6.02. The third-order valence-electron chi connectivity index (χ3n) is 4.29. The molecule has 0 radical (unpaired) electrons. The first-order valence-corrected chi connectivity index (χ1v) is 10.6. The van der Waals surface area contributed by atoms with Gasteiger partial charge in [0.05, 0.1) is 16.2 Å². The number of hydrogen-bond acceptors (Lipinski definition) is 17. The first-order chi connectivity index (χ1) is 19.2. The van der Waals surface area contributed by atoms with Crippen molar-refractivity contribution < 1.29 is 37.9 Å². The minimum atomic E-state index is 0. The van der Waals surface area contributed by atoms with Gasteiger partial charge in [0, 0.05) is 24.7 Å². The van der Waals surface area contributed by atoms with Gasteiger partial charge in [0.2, 0.25) is 0 Å². The predicted molar refractivity (Wildman–Crippen MR) is 150 cm³/mol. The first-order valence-electron chi connectivity index (χ1n) is 10.6. The summed E-state index contributed by atoms with van der Waals surface area (Å²) < 4.78 is 14.4. The lowest BCUT2D eigenvalue weighted by molar-refractivity contribution is -0.193. The topological polar surface area (TPSA) is 283 Å². The maximum atomic E-state index is 8.12. The number of aliphatic hydroxyl groups is 1. The van der Waals surface area contributed by atoms with E-state index in [2.05, 4.69) is 30.4 Å². The van der Waals surface area contributed by atoms with E-state index in [9.17, 15) is 0 Å². The summed E-state index contributed by atoms with van der Waals surface area (Å²) >= 11 is 0. The highest BCUT2D eigenvalue weighted by molar-refractivity contribution is 5.85. The van der Waals surface area contributed by atoms with E-state index in [1.54, 1.807) is 12.3 Å². The van der Waals surface area contributed by atoms with Gasteiger partial charge in [0.1, 0.15) is 0 Å². The average molecular weight is 586 g/mol. The number of fused-ring (bicyclic) bond motifs is 3. The lowest BCUT2D eigenvalue weighted by Crippen LogP contribution is -1.84. The van der Waals surface area contributed by atoms with E-state index in [1.807, 2.05) is 44.2 Å². The molecule has 0 spiro atoms. The third-order valence-corrected chi connectivity index (χ3v) is 4.29. The number of aryl methyl sites for hydroxylation is 2. The molecule has 0 bridgehead atoms. The summed E-state index contributed by atoms with van der Waals surface area (Å²) in [4.78, 5) is 44.6. The second-order valence-electron chi connectivity index (χ2n) is 6.84. The molecule has 0 aliphatic heterocycles. The smallest absolute Gasteiger partial charge is 0.373 e. The van der Waals surface area contributed by atoms with Gasteiger partial charge in [-0.2, -0.15) is 19.2 Å². The number of anilines is 3. The van der Waals surface area contributed by atoms with Crippen LogP contribution in [0.3, 0.4) is 0 Å². The molecule has 0 fully saturated rings. The van der Waals surface area contributed by atoms with Crippen LogP contribution in [0.5, 0.6) is 0 Å². The molecule has 6 rings (SSSR count). The molecule has 42 heavy (non-hydrogen) atoms. The molecule has 6 heterocycles. The Morgan fingerprint density at radius 1 is 0.619 bits per heavy atom. The lowest BCUT2D eigenvalue weighted by Gasteiger charge is -1.88. The Morgan fingerprint density at radius 2 is 0.952 bits per heavy atom. The van der Waals surface area contributed by atoms with Gasteiger partial charge in [-0.05, 0) is 50.2 Å². The molecule has 17 nitrogen and oxygen atoms in total. The second kappa shape index (κ2) is 20.0. The zero-order valence-electron chi connectivity index (χ0n) is 21.3. The van der Waals surface area contributed by atoms with Crippen molar-refractivity contribution in [1.29, 1.82) is 0 Å². The molecular weight excluding hydrogens is 554 g/mol. The zero-order valence-corrected chi connectivity index (χ0v) is 21.3. The molecule has 0 aliphatic carbocycles. The van der Waals surface area contributed by atoms with Crippen LogP contribution in [0.15, 0.2) is 56.2 Å². The third kappa shape index (κ3) is 11.0. The van der Waals surface area contributed by atoms with Gasteiger partial charge < -0.3 is 35.9 Å². The molecular formula is C25H31N9O8. The predicted octanol–water partition coefficient (Wildman–Crippen LogP) is 2.75. The molecule has 7 N–H and O–H groups in total. The normalized spacial score (nSPS) is 8.57. The number of hydrogen-bond donors (Lipinski definition) is 4. The number of aromatic nitrogens is 6. The minimum Gasteiger partial charge on any atom is -0.400 e. The van der Waals surface area contributed by atoms with Crippen LogP contribution in [0.2, 0.25) is 0 Å². The molecule has 17 heteroatoms. The molecule has 0 saturated carbocycles. The number of carbonyl (C=O) groups excluding carboxylic acids is 4. The molecule has 0 aromatic carbocycles. The van der Waals surface area contributed by atoms with Gasteiger partial charge in [0.15, 0.2) is 17.5 Å². The maximum absolute atomic E-state index is 8.12. The molecule has 0 aliphatic rings. The highest BCUT2D eigenvalue weighted by Crippen LogP contribution is 2.18. The quantitative estimate of drug-likeness (QED) is 0.199. The summed E-state index contributed by atoms with van der Waals surface area (Å²) in [6.45, 7) is 3.77. The van der Waals surface area contributed by atoms with Gasteiger partial charge in [-0.15, -0.1) is 0 Å². The number of nitrogens with zero attached hydrogens (tertiary/aromatic N) is 6. The number of nitrogens with two attached hydrogens (primary N) is 3. The fraction of sp³-hybridized carbons (Fsp3) is 0.200. The molecule has 6 aromatic heterocycles. The summed E-state index contributed by atoms with van der Waals surface area (Å²) in [5, 5.41) is 20.0. The van der Waals surface area contributed by atoms with Crippen molar-refractivity contribution in [2.75, 3.05) is 24.3 Å². The van der Waals surface area contributed by atoms with E-state index in [-0.39, 0.29) is 27.2 Å². The van der Waals surface area contributed by atoms with Crippen LogP contribution in [0.1, 0.15) is 26.2 Å². The van der Waals surface area contributed by atoms with Crippen molar-refractivity contribution in [3.63, 3.8) is 0 Å². The summed E-state index contributed by atoms with van der Waals surface area (Å²) in [7, 11) is 1.00. The number of aliphatic hydroxyl groups excluding tert-OH is 1. The SMILES string of the molecule is C.C.CO.Cc1ccc2c(N)noc2n1.Cc1ccc2c(N)noc2n1.Nc1noc2ncccc12.O=C=O.O=C=O. The summed E-state index contributed by atoms with van der Waals surface area (Å²) in [5.74, 6) is 1.18. The minimum absolute atomic E-state index is 0. The Morgan fingerprint density at radius 3 is 1.31 bits per heavy atom. The number of pyridine rings is 3. The maximum Gasteiger partial charge on any atom is 0.373 e. The standard InChI is InChI=1S/2C7H7N3O.C6H5N3O.2CO2.CH4O.2CH4/c2*1-4-2-3-5-6(8)10-11-7(5)9-4;7-5-4-2-1-3-8-6(4)10-9-5;2*2-1-3;1-2;;/h2*2-3H,1H3,(H2,8,10);1-3H,(H2,7,9);;;2H,1H3;2*1H4. The van der Waals surface area contributed by atoms with Crippen LogP contribution < -0.4 is 17.2 Å². The fourth-order valence-electron chi connectivity index (χ4n) is 2.68.